The van der Waals surface area contributed by atoms with Crippen molar-refractivity contribution in [2.24, 2.45) is 0 Å². The Kier molecular flexibility index (Phi) is 9.14. The molecule has 0 atom stereocenters. The maximum Gasteiger partial charge on any atom is 0.320 e. The zero-order valence-corrected chi connectivity index (χ0v) is 13.9. The summed E-state index contributed by atoms with van der Waals surface area (Å²) in [6, 6.07) is 9.17. The molecule has 7 nitrogen and oxygen atoms in total. The van der Waals surface area contributed by atoms with Gasteiger partial charge in [-0.05, 0) is 12.0 Å². The SMILES string of the molecule is CCCCNC(=O)CN(CC(=O)O)CC(=O)OCc1ccccc1. The molecule has 0 saturated heterocycles. The van der Waals surface area contributed by atoms with Crippen molar-refractivity contribution >= 4 is 17.8 Å². The van der Waals surface area contributed by atoms with Crippen LogP contribution in [0.1, 0.15) is 25.3 Å². The highest BCUT2D eigenvalue weighted by Crippen LogP contribution is 2.01. The average molecular weight is 336 g/mol. The lowest BCUT2D eigenvalue weighted by Gasteiger charge is -2.18. The quantitative estimate of drug-likeness (QED) is 0.463. The molecule has 0 unspecified atom stereocenters. The number of amides is 1. The number of carboxylic acid groups (broad SMARTS) is 1. The number of nitrogens with one attached hydrogen (secondary N) is 1. The molecule has 132 valence electrons. The summed E-state index contributed by atoms with van der Waals surface area (Å²) in [5, 5.41) is 11.6. The van der Waals surface area contributed by atoms with Crippen molar-refractivity contribution in [3.8, 4) is 0 Å². The van der Waals surface area contributed by atoms with E-state index >= 15 is 0 Å². The number of nitrogens with zero attached hydrogens (tertiary/aromatic N) is 1. The van der Waals surface area contributed by atoms with E-state index in [1.54, 1.807) is 0 Å². The summed E-state index contributed by atoms with van der Waals surface area (Å²) in [5.41, 5.74) is 0.841. The maximum absolute atomic E-state index is 11.9. The standard InChI is InChI=1S/C17H24N2O5/c1-2-3-9-18-15(20)10-19(11-16(21)22)12-17(23)24-13-14-7-5-4-6-8-14/h4-8H,2-3,9-13H2,1H3,(H,18,20)(H,21,22). The molecule has 1 aromatic carbocycles. The van der Waals surface area contributed by atoms with Crippen LogP contribution in [0, 0.1) is 0 Å². The number of aliphatic carboxylic acids is 1. The monoisotopic (exact) mass is 336 g/mol. The fourth-order valence-corrected chi connectivity index (χ4v) is 1.99. The van der Waals surface area contributed by atoms with E-state index in [1.807, 2.05) is 37.3 Å². The Morgan fingerprint density at radius 3 is 2.46 bits per heavy atom. The Balaban J connectivity index is 2.44. The van der Waals surface area contributed by atoms with Crippen LogP contribution in [-0.4, -0.2) is 54.0 Å². The van der Waals surface area contributed by atoms with E-state index < -0.39 is 18.5 Å². The molecule has 1 aromatic rings. The van der Waals surface area contributed by atoms with Gasteiger partial charge in [0.25, 0.3) is 0 Å². The second kappa shape index (κ2) is 11.2. The van der Waals surface area contributed by atoms with Crippen LogP contribution in [0.4, 0.5) is 0 Å². The lowest BCUT2D eigenvalue weighted by molar-refractivity contribution is -0.147. The third-order valence-corrected chi connectivity index (χ3v) is 3.17. The largest absolute Gasteiger partial charge is 0.480 e. The second-order valence-electron chi connectivity index (χ2n) is 5.39. The zero-order valence-electron chi connectivity index (χ0n) is 13.9. The van der Waals surface area contributed by atoms with Gasteiger partial charge in [-0.25, -0.2) is 0 Å². The highest BCUT2D eigenvalue weighted by atomic mass is 16.5. The van der Waals surface area contributed by atoms with Crippen LogP contribution in [0.5, 0.6) is 0 Å². The predicted octanol–water partition coefficient (Wildman–Crippen LogP) is 1.03. The molecule has 0 spiro atoms. The average Bonchev–Trinajstić information content (AvgIpc) is 2.53. The first-order valence-electron chi connectivity index (χ1n) is 7.91. The van der Waals surface area contributed by atoms with Gasteiger partial charge in [-0.2, -0.15) is 0 Å². The van der Waals surface area contributed by atoms with Gasteiger partial charge in [-0.1, -0.05) is 43.7 Å². The number of carboxylic acids is 1. The fourth-order valence-electron chi connectivity index (χ4n) is 1.99. The minimum atomic E-state index is -1.10. The molecule has 0 aliphatic heterocycles. The molecule has 1 amide bonds. The lowest BCUT2D eigenvalue weighted by atomic mass is 10.2. The first-order chi connectivity index (χ1) is 11.5. The lowest BCUT2D eigenvalue weighted by Crippen LogP contribution is -2.42. The van der Waals surface area contributed by atoms with E-state index in [1.165, 1.54) is 4.90 Å². The summed E-state index contributed by atoms with van der Waals surface area (Å²) in [6.45, 7) is 1.85. The number of rotatable bonds is 11. The minimum absolute atomic E-state index is 0.114. The Morgan fingerprint density at radius 2 is 1.83 bits per heavy atom. The molecule has 7 heteroatoms. The molecule has 0 aliphatic rings. The van der Waals surface area contributed by atoms with Crippen LogP contribution in [0.3, 0.4) is 0 Å². The van der Waals surface area contributed by atoms with Crippen molar-refractivity contribution in [2.75, 3.05) is 26.2 Å². The summed E-state index contributed by atoms with van der Waals surface area (Å²) in [5.74, 6) is -1.98. The molecule has 0 aromatic heterocycles. The van der Waals surface area contributed by atoms with Crippen LogP contribution in [0.15, 0.2) is 30.3 Å². The molecule has 0 radical (unpaired) electrons. The number of hydrogen-bond acceptors (Lipinski definition) is 5. The van der Waals surface area contributed by atoms with E-state index in [-0.39, 0.29) is 25.6 Å². The first-order valence-corrected chi connectivity index (χ1v) is 7.91. The number of carbonyl (C=O) groups is 3. The molecule has 0 fully saturated rings. The number of carbonyl (C=O) groups excluding carboxylic acids is 2. The molecule has 24 heavy (non-hydrogen) atoms. The van der Waals surface area contributed by atoms with Crippen molar-refractivity contribution in [3.05, 3.63) is 35.9 Å². The third-order valence-electron chi connectivity index (χ3n) is 3.17. The summed E-state index contributed by atoms with van der Waals surface area (Å²) in [4.78, 5) is 35.8. The molecular weight excluding hydrogens is 312 g/mol. The van der Waals surface area contributed by atoms with Gasteiger partial charge in [0.15, 0.2) is 0 Å². The van der Waals surface area contributed by atoms with Crippen LogP contribution in [0.2, 0.25) is 0 Å². The molecule has 0 heterocycles. The van der Waals surface area contributed by atoms with Crippen LogP contribution >= 0.6 is 0 Å². The van der Waals surface area contributed by atoms with E-state index in [0.29, 0.717) is 6.54 Å². The van der Waals surface area contributed by atoms with E-state index in [9.17, 15) is 14.4 Å². The normalized spacial score (nSPS) is 10.4. The molecule has 0 aliphatic carbocycles. The van der Waals surface area contributed by atoms with E-state index in [0.717, 1.165) is 18.4 Å². The van der Waals surface area contributed by atoms with Gasteiger partial charge in [0.1, 0.15) is 6.61 Å². The minimum Gasteiger partial charge on any atom is -0.480 e. The van der Waals surface area contributed by atoms with Crippen LogP contribution in [0.25, 0.3) is 0 Å². The predicted molar refractivity (Wildman–Crippen MR) is 88.2 cm³/mol. The molecule has 0 saturated carbocycles. The fraction of sp³-hybridized carbons (Fsp3) is 0.471. The topological polar surface area (TPSA) is 95.9 Å². The second-order valence-corrected chi connectivity index (χ2v) is 5.39. The van der Waals surface area contributed by atoms with Gasteiger partial charge in [-0.15, -0.1) is 0 Å². The number of benzene rings is 1. The number of hydrogen-bond donors (Lipinski definition) is 2. The van der Waals surface area contributed by atoms with Gasteiger partial charge in [0.2, 0.25) is 5.91 Å². The number of ether oxygens (including phenoxy) is 1. The van der Waals surface area contributed by atoms with E-state index in [4.69, 9.17) is 9.84 Å². The summed E-state index contributed by atoms with van der Waals surface area (Å²) < 4.78 is 5.12. The van der Waals surface area contributed by atoms with Crippen molar-refractivity contribution in [3.63, 3.8) is 0 Å². The molecule has 1 rings (SSSR count). The van der Waals surface area contributed by atoms with Crippen molar-refractivity contribution in [1.29, 1.82) is 0 Å². The number of esters is 1. The first kappa shape index (κ1) is 19.6. The van der Waals surface area contributed by atoms with Gasteiger partial charge >= 0.3 is 11.9 Å². The molecule has 0 bridgehead atoms. The van der Waals surface area contributed by atoms with Crippen LogP contribution < -0.4 is 5.32 Å². The zero-order chi connectivity index (χ0) is 17.8. The van der Waals surface area contributed by atoms with Gasteiger partial charge in [-0.3, -0.25) is 19.3 Å². The number of unbranched alkanes of at least 4 members (excludes halogenated alkanes) is 1. The van der Waals surface area contributed by atoms with Gasteiger partial charge in [0, 0.05) is 6.54 Å². The Morgan fingerprint density at radius 1 is 1.12 bits per heavy atom. The van der Waals surface area contributed by atoms with Gasteiger partial charge in [0.05, 0.1) is 19.6 Å². The van der Waals surface area contributed by atoms with Crippen molar-refractivity contribution in [1.82, 2.24) is 10.2 Å². The van der Waals surface area contributed by atoms with Crippen molar-refractivity contribution in [2.45, 2.75) is 26.4 Å². The Labute approximate surface area is 141 Å². The highest BCUT2D eigenvalue weighted by Gasteiger charge is 2.18. The van der Waals surface area contributed by atoms with Crippen LogP contribution in [-0.2, 0) is 25.7 Å². The van der Waals surface area contributed by atoms with Crippen molar-refractivity contribution < 1.29 is 24.2 Å². The summed E-state index contributed by atoms with van der Waals surface area (Å²) in [7, 11) is 0. The van der Waals surface area contributed by atoms with Gasteiger partial charge < -0.3 is 15.2 Å². The summed E-state index contributed by atoms with van der Waals surface area (Å²) in [6.07, 6.45) is 1.80. The smallest absolute Gasteiger partial charge is 0.320 e. The Bertz CT molecular complexity index is 533. The molecule has 2 N–H and O–H groups in total. The molecular formula is C17H24N2O5. The maximum atomic E-state index is 11.9. The Hall–Kier alpha value is -2.41. The third kappa shape index (κ3) is 8.89. The van der Waals surface area contributed by atoms with E-state index in [2.05, 4.69) is 5.32 Å². The summed E-state index contributed by atoms with van der Waals surface area (Å²) >= 11 is 0. The highest BCUT2D eigenvalue weighted by molar-refractivity contribution is 5.80.